The summed E-state index contributed by atoms with van der Waals surface area (Å²) in [5.41, 5.74) is -0.244. The molecule has 146 valence electrons. The van der Waals surface area contributed by atoms with Gasteiger partial charge in [0.1, 0.15) is 0 Å². The molecule has 5 rings (SSSR count). The lowest BCUT2D eigenvalue weighted by molar-refractivity contribution is -0.134. The molecule has 2 N–H and O–H groups in total. The molecule has 3 saturated heterocycles. The molecule has 2 aromatic rings. The van der Waals surface area contributed by atoms with E-state index in [0.717, 1.165) is 12.8 Å². The minimum atomic E-state index is -0.593. The highest BCUT2D eigenvalue weighted by molar-refractivity contribution is 5.94. The average molecular weight is 382 g/mol. The van der Waals surface area contributed by atoms with E-state index in [1.54, 1.807) is 17.0 Å². The van der Waals surface area contributed by atoms with Gasteiger partial charge in [0.25, 0.3) is 11.5 Å². The van der Waals surface area contributed by atoms with Crippen molar-refractivity contribution in [3.05, 3.63) is 68.5 Å². The first kappa shape index (κ1) is 18.2. The molecule has 8 nitrogen and oxygen atoms in total. The quantitative estimate of drug-likeness (QED) is 0.800. The van der Waals surface area contributed by atoms with Crippen LogP contribution in [0, 0.1) is 5.92 Å². The summed E-state index contributed by atoms with van der Waals surface area (Å²) < 4.78 is 0. The number of rotatable bonds is 3. The summed E-state index contributed by atoms with van der Waals surface area (Å²) >= 11 is 0. The number of carbonyl (C=O) groups excluding carboxylic acids is 2. The molecule has 2 atom stereocenters. The zero-order valence-corrected chi connectivity index (χ0v) is 15.4. The predicted molar refractivity (Wildman–Crippen MR) is 102 cm³/mol. The van der Waals surface area contributed by atoms with Gasteiger partial charge in [-0.15, -0.1) is 0 Å². The van der Waals surface area contributed by atoms with E-state index < -0.39 is 11.2 Å². The summed E-state index contributed by atoms with van der Waals surface area (Å²) in [6.07, 6.45) is 3.05. The van der Waals surface area contributed by atoms with Gasteiger partial charge in [0.15, 0.2) is 0 Å². The minimum Gasteiger partial charge on any atom is -0.337 e. The van der Waals surface area contributed by atoms with Gasteiger partial charge < -0.3 is 14.8 Å². The predicted octanol–water partition coefficient (Wildman–Crippen LogP) is 0.369. The van der Waals surface area contributed by atoms with E-state index in [4.69, 9.17) is 0 Å². The molecular weight excluding hydrogens is 360 g/mol. The van der Waals surface area contributed by atoms with Crippen LogP contribution in [-0.2, 0) is 11.2 Å². The number of nitrogens with zero attached hydrogens (tertiary/aromatic N) is 2. The van der Waals surface area contributed by atoms with Gasteiger partial charge in [-0.3, -0.25) is 19.4 Å². The third-order valence-electron chi connectivity index (χ3n) is 5.58. The molecule has 0 saturated carbocycles. The number of amides is 2. The Hall–Kier alpha value is -3.16. The van der Waals surface area contributed by atoms with Crippen LogP contribution in [0.5, 0.6) is 0 Å². The Bertz CT molecular complexity index is 997. The molecule has 0 aliphatic carbocycles. The summed E-state index contributed by atoms with van der Waals surface area (Å²) in [5.74, 6) is 0.0642. The normalized spacial score (nSPS) is 21.4. The number of nitrogens with one attached hydrogen (secondary N) is 2. The second kappa shape index (κ2) is 7.46. The van der Waals surface area contributed by atoms with Crippen molar-refractivity contribution in [2.24, 2.45) is 5.92 Å². The summed E-state index contributed by atoms with van der Waals surface area (Å²) in [6, 6.07) is 9.12. The first-order chi connectivity index (χ1) is 13.5. The van der Waals surface area contributed by atoms with Crippen LogP contribution in [0.15, 0.2) is 46.1 Å². The van der Waals surface area contributed by atoms with Gasteiger partial charge in [0.2, 0.25) is 5.91 Å². The third kappa shape index (κ3) is 3.62. The maximum absolute atomic E-state index is 12.9. The fourth-order valence-corrected chi connectivity index (χ4v) is 4.15. The maximum Gasteiger partial charge on any atom is 0.325 e. The van der Waals surface area contributed by atoms with Crippen LogP contribution in [0.3, 0.4) is 0 Å². The lowest BCUT2D eigenvalue weighted by atomic mass is 9.94. The Morgan fingerprint density at radius 1 is 1.04 bits per heavy atom. The topological polar surface area (TPSA) is 106 Å². The summed E-state index contributed by atoms with van der Waals surface area (Å²) in [4.78, 5) is 57.0. The number of benzene rings is 1. The molecule has 3 aliphatic heterocycles. The summed E-state index contributed by atoms with van der Waals surface area (Å²) in [6.45, 7) is 1.72. The molecular formula is C20H22N4O4. The molecule has 2 bridgehead atoms. The van der Waals surface area contributed by atoms with Gasteiger partial charge in [-0.05, 0) is 30.9 Å². The molecule has 0 unspecified atom stereocenters. The summed E-state index contributed by atoms with van der Waals surface area (Å²) in [5, 5.41) is 0. The van der Waals surface area contributed by atoms with Crippen LogP contribution in [0.4, 0.5) is 0 Å². The van der Waals surface area contributed by atoms with Crippen LogP contribution in [0.2, 0.25) is 0 Å². The van der Waals surface area contributed by atoms with Crippen LogP contribution in [0.25, 0.3) is 0 Å². The molecule has 4 heterocycles. The molecule has 1 aromatic carbocycles. The first-order valence-electron chi connectivity index (χ1n) is 9.46. The molecule has 3 aliphatic rings. The number of aromatic amines is 2. The standard InChI is InChI=1S/C20H22N4O4/c25-17(8-15-9-21-20(28)22-18(15)26)24-11-13-6-7-16(24)12-23(10-13)19(27)14-4-2-1-3-5-14/h1-5,9,13,16H,6-8,10-12H2,(H2,21,22,26,28)/t13-,16+/m0/s1. The highest BCUT2D eigenvalue weighted by Gasteiger charge is 2.38. The van der Waals surface area contributed by atoms with E-state index in [1.165, 1.54) is 6.20 Å². The molecule has 1 aromatic heterocycles. The van der Waals surface area contributed by atoms with Crippen molar-refractivity contribution in [3.63, 3.8) is 0 Å². The van der Waals surface area contributed by atoms with Crippen LogP contribution >= 0.6 is 0 Å². The van der Waals surface area contributed by atoms with Crippen LogP contribution in [0.1, 0.15) is 28.8 Å². The molecule has 3 fully saturated rings. The van der Waals surface area contributed by atoms with E-state index >= 15 is 0 Å². The summed E-state index contributed by atoms with van der Waals surface area (Å²) in [7, 11) is 0. The molecule has 2 amide bonds. The molecule has 28 heavy (non-hydrogen) atoms. The smallest absolute Gasteiger partial charge is 0.325 e. The number of carbonyl (C=O) groups is 2. The Labute approximate surface area is 161 Å². The van der Waals surface area contributed by atoms with Gasteiger partial charge in [0.05, 0.1) is 6.42 Å². The third-order valence-corrected chi connectivity index (χ3v) is 5.58. The second-order valence-corrected chi connectivity index (χ2v) is 7.49. The zero-order chi connectivity index (χ0) is 19.7. The van der Waals surface area contributed by atoms with Crippen molar-refractivity contribution >= 4 is 11.8 Å². The van der Waals surface area contributed by atoms with Gasteiger partial charge in [-0.25, -0.2) is 4.79 Å². The number of fused-ring (bicyclic) bond motifs is 4. The van der Waals surface area contributed by atoms with Crippen molar-refractivity contribution in [3.8, 4) is 0 Å². The fourth-order valence-electron chi connectivity index (χ4n) is 4.15. The Morgan fingerprint density at radius 3 is 2.57 bits per heavy atom. The minimum absolute atomic E-state index is 0.0103. The van der Waals surface area contributed by atoms with Crippen molar-refractivity contribution in [1.29, 1.82) is 0 Å². The van der Waals surface area contributed by atoms with Crippen molar-refractivity contribution in [2.75, 3.05) is 19.6 Å². The first-order valence-corrected chi connectivity index (χ1v) is 9.46. The number of H-pyrrole nitrogens is 2. The average Bonchev–Trinajstić information content (AvgIpc) is 3.02. The fraction of sp³-hybridized carbons (Fsp3) is 0.400. The Balaban J connectivity index is 1.50. The number of hydrogen-bond donors (Lipinski definition) is 2. The van der Waals surface area contributed by atoms with E-state index in [-0.39, 0.29) is 35.8 Å². The van der Waals surface area contributed by atoms with Gasteiger partial charge in [0, 0.05) is 43.0 Å². The SMILES string of the molecule is O=C(c1ccccc1)N1C[C@@H]2CC[C@H](C1)N(C(=O)Cc1c[nH]c(=O)[nH]c1=O)C2. The molecule has 8 heteroatoms. The van der Waals surface area contributed by atoms with Gasteiger partial charge >= 0.3 is 5.69 Å². The van der Waals surface area contributed by atoms with Gasteiger partial charge in [-0.2, -0.15) is 0 Å². The van der Waals surface area contributed by atoms with Crippen LogP contribution in [-0.4, -0.2) is 57.3 Å². The number of hydrogen-bond acceptors (Lipinski definition) is 4. The number of piperidine rings is 1. The van der Waals surface area contributed by atoms with Crippen molar-refractivity contribution in [2.45, 2.75) is 25.3 Å². The van der Waals surface area contributed by atoms with E-state index in [0.29, 0.717) is 25.2 Å². The van der Waals surface area contributed by atoms with E-state index in [2.05, 4.69) is 9.97 Å². The lowest BCUT2D eigenvalue weighted by Gasteiger charge is -2.36. The number of aromatic nitrogens is 2. The van der Waals surface area contributed by atoms with Crippen molar-refractivity contribution in [1.82, 2.24) is 19.8 Å². The van der Waals surface area contributed by atoms with Gasteiger partial charge in [-0.1, -0.05) is 18.2 Å². The lowest BCUT2D eigenvalue weighted by Crippen LogP contribution is -2.48. The second-order valence-electron chi connectivity index (χ2n) is 7.49. The van der Waals surface area contributed by atoms with Crippen LogP contribution < -0.4 is 11.2 Å². The monoisotopic (exact) mass is 382 g/mol. The van der Waals surface area contributed by atoms with E-state index in [9.17, 15) is 19.2 Å². The Morgan fingerprint density at radius 2 is 1.82 bits per heavy atom. The highest BCUT2D eigenvalue weighted by atomic mass is 16.2. The van der Waals surface area contributed by atoms with E-state index in [1.807, 2.05) is 23.1 Å². The largest absolute Gasteiger partial charge is 0.337 e. The molecule has 0 spiro atoms. The maximum atomic E-state index is 12.9. The van der Waals surface area contributed by atoms with Crippen molar-refractivity contribution < 1.29 is 9.59 Å². The zero-order valence-electron chi connectivity index (χ0n) is 15.4. The highest BCUT2D eigenvalue weighted by Crippen LogP contribution is 2.29. The molecule has 0 radical (unpaired) electrons. The Kier molecular flexibility index (Phi) is 4.85.